The Morgan fingerprint density at radius 2 is 1.93 bits per heavy atom. The van der Waals surface area contributed by atoms with Crippen molar-refractivity contribution in [3.63, 3.8) is 0 Å². The summed E-state index contributed by atoms with van der Waals surface area (Å²) in [5.74, 6) is 0.917. The number of hydrogen-bond donors (Lipinski definition) is 2. The van der Waals surface area contributed by atoms with Gasteiger partial charge in [0, 0.05) is 41.7 Å². The van der Waals surface area contributed by atoms with Gasteiger partial charge in [0.15, 0.2) is 5.82 Å². The number of nitrogens with two attached hydrogens (primary N) is 1. The fraction of sp³-hybridized carbons (Fsp3) is 0.0455. The van der Waals surface area contributed by atoms with E-state index in [1.807, 2.05) is 61.8 Å². The number of nitrogens with one attached hydrogen (secondary N) is 1. The Labute approximate surface area is 163 Å². The summed E-state index contributed by atoms with van der Waals surface area (Å²) in [6.45, 7) is 3.80. The van der Waals surface area contributed by atoms with Gasteiger partial charge in [-0.2, -0.15) is 9.78 Å². The lowest BCUT2D eigenvalue weighted by Gasteiger charge is -2.06. The first kappa shape index (κ1) is 17.5. The van der Waals surface area contributed by atoms with Gasteiger partial charge in [0.05, 0.1) is 11.7 Å². The maximum atomic E-state index is 5.91. The van der Waals surface area contributed by atoms with Gasteiger partial charge in [-0.15, -0.1) is 0 Å². The van der Waals surface area contributed by atoms with Gasteiger partial charge in [-0.3, -0.25) is 4.98 Å². The summed E-state index contributed by atoms with van der Waals surface area (Å²) < 4.78 is 1.53. The van der Waals surface area contributed by atoms with Crippen LogP contribution in [-0.2, 0) is 0 Å². The third kappa shape index (κ3) is 3.35. The van der Waals surface area contributed by atoms with Crippen LogP contribution in [0.25, 0.3) is 27.9 Å². The van der Waals surface area contributed by atoms with Crippen molar-refractivity contribution in [2.45, 2.75) is 0 Å². The lowest BCUT2D eigenvalue weighted by atomic mass is 10.1. The molecule has 3 N–H and O–H groups in total. The molecule has 0 unspecified atom stereocenters. The summed E-state index contributed by atoms with van der Waals surface area (Å²) in [4.78, 5) is 9.20. The molecule has 4 rings (SSSR count). The fourth-order valence-corrected chi connectivity index (χ4v) is 2.97. The standard InChI is InChI=1S/C22H20N6/c1-15(23)28-22(26-12-16-7-9-19(24-2)10-8-16)20(14-27-28)18-11-17-5-3-4-6-21(17)25-13-18/h3-14,24H,1,23H2,2H3/b26-12+. The van der Waals surface area contributed by atoms with E-state index in [0.717, 1.165) is 33.3 Å². The second-order valence-electron chi connectivity index (χ2n) is 6.33. The lowest BCUT2D eigenvalue weighted by Crippen LogP contribution is -2.05. The topological polar surface area (TPSA) is 81.1 Å². The van der Waals surface area contributed by atoms with Crippen LogP contribution in [0.2, 0.25) is 0 Å². The molecule has 0 radical (unpaired) electrons. The first-order valence-corrected chi connectivity index (χ1v) is 8.85. The predicted octanol–water partition coefficient (Wildman–Crippen LogP) is 4.28. The molecule has 0 atom stereocenters. The normalized spacial score (nSPS) is 11.2. The van der Waals surface area contributed by atoms with Gasteiger partial charge < -0.3 is 11.1 Å². The third-order valence-corrected chi connectivity index (χ3v) is 4.45. The van der Waals surface area contributed by atoms with E-state index in [2.05, 4.69) is 33.0 Å². The van der Waals surface area contributed by atoms with E-state index in [-0.39, 0.29) is 0 Å². The van der Waals surface area contributed by atoms with E-state index in [0.29, 0.717) is 11.6 Å². The number of benzene rings is 2. The van der Waals surface area contributed by atoms with Crippen molar-refractivity contribution in [3.8, 4) is 11.1 Å². The van der Waals surface area contributed by atoms with Gasteiger partial charge in [0.1, 0.15) is 5.82 Å². The van der Waals surface area contributed by atoms with E-state index in [1.54, 1.807) is 12.4 Å². The second kappa shape index (κ2) is 7.36. The Morgan fingerprint density at radius 3 is 2.68 bits per heavy atom. The number of rotatable bonds is 5. The highest BCUT2D eigenvalue weighted by Gasteiger charge is 2.13. The SMILES string of the molecule is C=C(N)n1ncc(-c2cnc3ccccc3c2)c1/N=C/c1ccc(NC)cc1. The van der Waals surface area contributed by atoms with E-state index in [4.69, 9.17) is 5.73 Å². The highest BCUT2D eigenvalue weighted by molar-refractivity contribution is 5.88. The molecule has 0 aliphatic rings. The molecule has 6 nitrogen and oxygen atoms in total. The maximum absolute atomic E-state index is 5.91. The van der Waals surface area contributed by atoms with Crippen molar-refractivity contribution in [1.29, 1.82) is 0 Å². The van der Waals surface area contributed by atoms with Crippen molar-refractivity contribution in [2.24, 2.45) is 10.7 Å². The smallest absolute Gasteiger partial charge is 0.165 e. The van der Waals surface area contributed by atoms with E-state index in [9.17, 15) is 0 Å². The minimum Gasteiger partial charge on any atom is -0.388 e. The van der Waals surface area contributed by atoms with Gasteiger partial charge in [0.2, 0.25) is 0 Å². The molecule has 0 spiro atoms. The minimum absolute atomic E-state index is 0.303. The van der Waals surface area contributed by atoms with Gasteiger partial charge >= 0.3 is 0 Å². The molecule has 0 saturated heterocycles. The van der Waals surface area contributed by atoms with Gasteiger partial charge in [0.25, 0.3) is 0 Å². The van der Waals surface area contributed by atoms with Crippen LogP contribution in [0, 0.1) is 0 Å². The Kier molecular flexibility index (Phi) is 4.60. The Hall–Kier alpha value is -3.93. The van der Waals surface area contributed by atoms with E-state index in [1.165, 1.54) is 4.68 Å². The van der Waals surface area contributed by atoms with Crippen LogP contribution in [0.1, 0.15) is 5.56 Å². The van der Waals surface area contributed by atoms with Crippen molar-refractivity contribution >= 4 is 34.4 Å². The van der Waals surface area contributed by atoms with E-state index >= 15 is 0 Å². The Bertz CT molecular complexity index is 1170. The molecule has 28 heavy (non-hydrogen) atoms. The highest BCUT2D eigenvalue weighted by atomic mass is 15.3. The molecule has 2 heterocycles. The Balaban J connectivity index is 1.77. The van der Waals surface area contributed by atoms with Gasteiger partial charge in [-0.05, 0) is 29.8 Å². The average molecular weight is 368 g/mol. The molecule has 0 fully saturated rings. The van der Waals surface area contributed by atoms with Crippen molar-refractivity contribution in [3.05, 3.63) is 79.1 Å². The molecular weight excluding hydrogens is 348 g/mol. The third-order valence-electron chi connectivity index (χ3n) is 4.45. The van der Waals surface area contributed by atoms with Crippen molar-refractivity contribution in [2.75, 3.05) is 12.4 Å². The molecule has 0 aliphatic heterocycles. The molecule has 4 aromatic rings. The summed E-state index contributed by atoms with van der Waals surface area (Å²) in [5, 5.41) is 8.50. The molecule has 2 aromatic heterocycles. The number of fused-ring (bicyclic) bond motifs is 1. The summed E-state index contributed by atoms with van der Waals surface area (Å²) >= 11 is 0. The van der Waals surface area contributed by atoms with Gasteiger partial charge in [-0.25, -0.2) is 4.99 Å². The first-order chi connectivity index (χ1) is 13.7. The number of aliphatic imine (C=N–C) groups is 1. The second-order valence-corrected chi connectivity index (χ2v) is 6.33. The zero-order chi connectivity index (χ0) is 19.5. The largest absolute Gasteiger partial charge is 0.388 e. The minimum atomic E-state index is 0.303. The molecule has 0 bridgehead atoms. The maximum Gasteiger partial charge on any atom is 0.165 e. The summed E-state index contributed by atoms with van der Waals surface area (Å²) in [7, 11) is 1.89. The van der Waals surface area contributed by atoms with Crippen LogP contribution in [0.3, 0.4) is 0 Å². The lowest BCUT2D eigenvalue weighted by molar-refractivity contribution is 0.890. The van der Waals surface area contributed by atoms with E-state index < -0.39 is 0 Å². The number of pyridine rings is 1. The zero-order valence-corrected chi connectivity index (χ0v) is 15.5. The monoisotopic (exact) mass is 368 g/mol. The molecule has 0 saturated carbocycles. The molecule has 6 heteroatoms. The highest BCUT2D eigenvalue weighted by Crippen LogP contribution is 2.32. The van der Waals surface area contributed by atoms with Gasteiger partial charge in [-0.1, -0.05) is 36.9 Å². The number of hydrogen-bond acceptors (Lipinski definition) is 5. The van der Waals surface area contributed by atoms with Crippen LogP contribution in [0.5, 0.6) is 0 Å². The van der Waals surface area contributed by atoms with Crippen LogP contribution < -0.4 is 11.1 Å². The van der Waals surface area contributed by atoms with Crippen LogP contribution >= 0.6 is 0 Å². The molecule has 138 valence electrons. The van der Waals surface area contributed by atoms with Crippen molar-refractivity contribution < 1.29 is 0 Å². The molecule has 0 aliphatic carbocycles. The van der Waals surface area contributed by atoms with Crippen LogP contribution in [0.15, 0.2) is 78.6 Å². The Morgan fingerprint density at radius 1 is 1.14 bits per heavy atom. The summed E-state index contributed by atoms with van der Waals surface area (Å²) in [6.07, 6.45) is 5.35. The van der Waals surface area contributed by atoms with Crippen LogP contribution in [-0.4, -0.2) is 28.0 Å². The summed E-state index contributed by atoms with van der Waals surface area (Å²) in [6, 6.07) is 18.0. The van der Waals surface area contributed by atoms with Crippen LogP contribution in [0.4, 0.5) is 11.5 Å². The number of nitrogens with zero attached hydrogens (tertiary/aromatic N) is 4. The quantitative estimate of drug-likeness (QED) is 0.515. The summed E-state index contributed by atoms with van der Waals surface area (Å²) in [5.41, 5.74) is 10.6. The average Bonchev–Trinajstić information content (AvgIpc) is 3.16. The molecule has 2 aromatic carbocycles. The number of aromatic nitrogens is 3. The molecular formula is C22H20N6. The number of anilines is 1. The predicted molar refractivity (Wildman–Crippen MR) is 116 cm³/mol. The first-order valence-electron chi connectivity index (χ1n) is 8.85. The molecule has 0 amide bonds. The fourth-order valence-electron chi connectivity index (χ4n) is 2.97. The number of para-hydroxylation sites is 1. The zero-order valence-electron chi connectivity index (χ0n) is 15.5. The van der Waals surface area contributed by atoms with Crippen molar-refractivity contribution in [1.82, 2.24) is 14.8 Å².